The van der Waals surface area contributed by atoms with Gasteiger partial charge in [-0.1, -0.05) is 17.7 Å². The van der Waals surface area contributed by atoms with Gasteiger partial charge in [0.05, 0.1) is 31.0 Å². The van der Waals surface area contributed by atoms with Gasteiger partial charge in [0.2, 0.25) is 0 Å². The van der Waals surface area contributed by atoms with Gasteiger partial charge < -0.3 is 25.8 Å². The molecular formula is C18H20ClN3O4. The number of rotatable bonds is 5. The third-order valence-electron chi connectivity index (χ3n) is 3.70. The molecule has 0 fully saturated rings. The number of nitrogen functional groups attached to an aromatic ring is 1. The lowest BCUT2D eigenvalue weighted by atomic mass is 10.1. The van der Waals surface area contributed by atoms with Crippen LogP contribution in [0.5, 0.6) is 11.5 Å². The summed E-state index contributed by atoms with van der Waals surface area (Å²) in [6.45, 7) is 1.75. The van der Waals surface area contributed by atoms with Crippen LogP contribution < -0.4 is 25.8 Å². The second kappa shape index (κ2) is 8.44. The Kier molecular flexibility index (Phi) is 6.30. The highest BCUT2D eigenvalue weighted by Crippen LogP contribution is 2.30. The first-order chi connectivity index (χ1) is 12.3. The third kappa shape index (κ3) is 4.58. The van der Waals surface area contributed by atoms with Crippen molar-refractivity contribution < 1.29 is 19.1 Å². The summed E-state index contributed by atoms with van der Waals surface area (Å²) in [5, 5.41) is 5.32. The van der Waals surface area contributed by atoms with Gasteiger partial charge in [-0.15, -0.1) is 0 Å². The number of hydrogen-bond donors (Lipinski definition) is 3. The first-order valence-electron chi connectivity index (χ1n) is 7.74. The zero-order valence-electron chi connectivity index (χ0n) is 14.6. The molecule has 26 heavy (non-hydrogen) atoms. The van der Waals surface area contributed by atoms with Crippen molar-refractivity contribution in [3.63, 3.8) is 0 Å². The van der Waals surface area contributed by atoms with E-state index in [1.54, 1.807) is 31.2 Å². The number of carbonyl (C=O) groups is 2. The van der Waals surface area contributed by atoms with E-state index in [4.69, 9.17) is 26.8 Å². The van der Waals surface area contributed by atoms with Crippen LogP contribution in [0.1, 0.15) is 18.5 Å². The van der Waals surface area contributed by atoms with Gasteiger partial charge in [0.25, 0.3) is 0 Å². The molecule has 1 atom stereocenters. The van der Waals surface area contributed by atoms with Gasteiger partial charge in [0.15, 0.2) is 11.5 Å². The molecule has 0 aliphatic rings. The van der Waals surface area contributed by atoms with Crippen LogP contribution in [0.15, 0.2) is 36.4 Å². The van der Waals surface area contributed by atoms with Gasteiger partial charge in [-0.3, -0.25) is 9.59 Å². The topological polar surface area (TPSA) is 103 Å². The monoisotopic (exact) mass is 377 g/mol. The van der Waals surface area contributed by atoms with Crippen LogP contribution in [0.4, 0.5) is 11.4 Å². The highest BCUT2D eigenvalue weighted by Gasteiger charge is 2.19. The van der Waals surface area contributed by atoms with Crippen molar-refractivity contribution >= 4 is 34.8 Å². The van der Waals surface area contributed by atoms with Gasteiger partial charge in [0, 0.05) is 5.69 Å². The van der Waals surface area contributed by atoms with E-state index in [9.17, 15) is 9.59 Å². The Labute approximate surface area is 156 Å². The SMILES string of the molecule is COc1ccc(C(C)NC(=O)C(=O)Nc2ccc(N)cc2Cl)cc1OC. The number of carbonyl (C=O) groups excluding carboxylic acids is 2. The second-order valence-electron chi connectivity index (χ2n) is 5.50. The van der Waals surface area contributed by atoms with Gasteiger partial charge in [0.1, 0.15) is 0 Å². The van der Waals surface area contributed by atoms with Crippen LogP contribution in [0.2, 0.25) is 5.02 Å². The standard InChI is InChI=1S/C18H20ClN3O4/c1-10(11-4-7-15(25-2)16(8-11)26-3)21-17(23)18(24)22-14-6-5-12(20)9-13(14)19/h4-10H,20H2,1-3H3,(H,21,23)(H,22,24). The van der Waals surface area contributed by atoms with E-state index in [0.717, 1.165) is 5.56 Å². The summed E-state index contributed by atoms with van der Waals surface area (Å²) in [5.41, 5.74) is 7.12. The minimum absolute atomic E-state index is 0.249. The van der Waals surface area contributed by atoms with E-state index in [0.29, 0.717) is 22.9 Å². The first-order valence-corrected chi connectivity index (χ1v) is 8.12. The van der Waals surface area contributed by atoms with Crippen molar-refractivity contribution in [2.24, 2.45) is 0 Å². The molecule has 0 aliphatic heterocycles. The minimum atomic E-state index is -0.830. The number of nitrogens with one attached hydrogen (secondary N) is 2. The molecule has 0 saturated heterocycles. The normalized spacial score (nSPS) is 11.4. The molecule has 0 radical (unpaired) electrons. The Morgan fingerprint density at radius 1 is 1.04 bits per heavy atom. The fraction of sp³-hybridized carbons (Fsp3) is 0.222. The van der Waals surface area contributed by atoms with Crippen molar-refractivity contribution in [3.8, 4) is 11.5 Å². The molecule has 1 unspecified atom stereocenters. The molecule has 0 heterocycles. The maximum absolute atomic E-state index is 12.1. The maximum atomic E-state index is 12.1. The van der Waals surface area contributed by atoms with Crippen molar-refractivity contribution in [2.45, 2.75) is 13.0 Å². The average molecular weight is 378 g/mol. The number of methoxy groups -OCH3 is 2. The predicted molar refractivity (Wildman–Crippen MR) is 101 cm³/mol. The molecule has 7 nitrogen and oxygen atoms in total. The van der Waals surface area contributed by atoms with E-state index < -0.39 is 17.9 Å². The molecule has 2 rings (SSSR count). The van der Waals surface area contributed by atoms with E-state index in [1.165, 1.54) is 26.4 Å². The van der Waals surface area contributed by atoms with Gasteiger partial charge in [-0.2, -0.15) is 0 Å². The second-order valence-corrected chi connectivity index (χ2v) is 5.91. The van der Waals surface area contributed by atoms with Gasteiger partial charge in [-0.05, 0) is 42.8 Å². The summed E-state index contributed by atoms with van der Waals surface area (Å²) in [7, 11) is 3.06. The molecule has 8 heteroatoms. The molecule has 2 amide bonds. The maximum Gasteiger partial charge on any atom is 0.313 e. The van der Waals surface area contributed by atoms with Crippen molar-refractivity contribution in [2.75, 3.05) is 25.3 Å². The van der Waals surface area contributed by atoms with E-state index >= 15 is 0 Å². The summed E-state index contributed by atoms with van der Waals surface area (Å²) < 4.78 is 10.4. The molecule has 2 aromatic rings. The van der Waals surface area contributed by atoms with Crippen molar-refractivity contribution in [3.05, 3.63) is 47.0 Å². The fourth-order valence-electron chi connectivity index (χ4n) is 2.28. The molecule has 0 aromatic heterocycles. The van der Waals surface area contributed by atoms with Crippen LogP contribution in [0.25, 0.3) is 0 Å². The zero-order valence-corrected chi connectivity index (χ0v) is 15.4. The van der Waals surface area contributed by atoms with E-state index in [-0.39, 0.29) is 5.02 Å². The molecule has 138 valence electrons. The Hall–Kier alpha value is -2.93. The molecule has 0 spiro atoms. The summed E-state index contributed by atoms with van der Waals surface area (Å²) in [6, 6.07) is 9.41. The molecular weight excluding hydrogens is 358 g/mol. The van der Waals surface area contributed by atoms with Crippen LogP contribution in [-0.4, -0.2) is 26.0 Å². The van der Waals surface area contributed by atoms with E-state index in [1.807, 2.05) is 0 Å². The Morgan fingerprint density at radius 3 is 2.35 bits per heavy atom. The largest absolute Gasteiger partial charge is 0.493 e. The fourth-order valence-corrected chi connectivity index (χ4v) is 2.52. The Morgan fingerprint density at radius 2 is 1.73 bits per heavy atom. The van der Waals surface area contributed by atoms with Crippen molar-refractivity contribution in [1.82, 2.24) is 5.32 Å². The number of nitrogens with two attached hydrogens (primary N) is 1. The molecule has 2 aromatic carbocycles. The summed E-state index contributed by atoms with van der Waals surface area (Å²) in [4.78, 5) is 24.2. The zero-order chi connectivity index (χ0) is 19.3. The highest BCUT2D eigenvalue weighted by molar-refractivity contribution is 6.41. The van der Waals surface area contributed by atoms with Crippen molar-refractivity contribution in [1.29, 1.82) is 0 Å². The predicted octanol–water partition coefficient (Wildman–Crippen LogP) is 2.76. The highest BCUT2D eigenvalue weighted by atomic mass is 35.5. The van der Waals surface area contributed by atoms with Gasteiger partial charge in [-0.25, -0.2) is 0 Å². The van der Waals surface area contributed by atoms with E-state index in [2.05, 4.69) is 10.6 Å². The lowest BCUT2D eigenvalue weighted by Crippen LogP contribution is -2.37. The quantitative estimate of drug-likeness (QED) is 0.549. The Balaban J connectivity index is 2.05. The average Bonchev–Trinajstić information content (AvgIpc) is 2.63. The van der Waals surface area contributed by atoms with Gasteiger partial charge >= 0.3 is 11.8 Å². The number of anilines is 2. The summed E-state index contributed by atoms with van der Waals surface area (Å²) >= 11 is 5.99. The molecule has 0 aliphatic carbocycles. The number of amides is 2. The number of benzene rings is 2. The minimum Gasteiger partial charge on any atom is -0.493 e. The lowest BCUT2D eigenvalue weighted by molar-refractivity contribution is -0.136. The molecule has 4 N–H and O–H groups in total. The summed E-state index contributed by atoms with van der Waals surface area (Å²) in [5.74, 6) is -0.515. The van der Waals surface area contributed by atoms with Crippen LogP contribution >= 0.6 is 11.6 Å². The number of ether oxygens (including phenoxy) is 2. The smallest absolute Gasteiger partial charge is 0.313 e. The number of hydrogen-bond acceptors (Lipinski definition) is 5. The van der Waals surface area contributed by atoms with Crippen LogP contribution in [0.3, 0.4) is 0 Å². The summed E-state index contributed by atoms with van der Waals surface area (Å²) in [6.07, 6.45) is 0. The number of halogens is 1. The third-order valence-corrected chi connectivity index (χ3v) is 4.02. The van der Waals surface area contributed by atoms with Crippen LogP contribution in [0, 0.1) is 0 Å². The van der Waals surface area contributed by atoms with Crippen LogP contribution in [-0.2, 0) is 9.59 Å². The lowest BCUT2D eigenvalue weighted by Gasteiger charge is -2.16. The molecule has 0 saturated carbocycles. The molecule has 0 bridgehead atoms. The first kappa shape index (κ1) is 19.4. The Bertz CT molecular complexity index is 826.